The first-order chi connectivity index (χ1) is 9.74. The van der Waals surface area contributed by atoms with E-state index in [2.05, 4.69) is 11.9 Å². The van der Waals surface area contributed by atoms with Crippen molar-refractivity contribution in [2.24, 2.45) is 0 Å². The fourth-order valence-corrected chi connectivity index (χ4v) is 2.80. The number of carbonyl (C=O) groups excluding carboxylic acids is 1. The van der Waals surface area contributed by atoms with Crippen LogP contribution in [0, 0.1) is 0 Å². The van der Waals surface area contributed by atoms with E-state index in [0.717, 1.165) is 0 Å². The van der Waals surface area contributed by atoms with Crippen molar-refractivity contribution in [3.8, 4) is 0 Å². The van der Waals surface area contributed by atoms with E-state index in [1.165, 1.54) is 11.3 Å². The second-order valence-electron chi connectivity index (χ2n) is 4.10. The van der Waals surface area contributed by atoms with Crippen molar-refractivity contribution in [3.05, 3.63) is 65.6 Å². The van der Waals surface area contributed by atoms with Gasteiger partial charge in [-0.3, -0.25) is 4.79 Å². The average molecular weight is 303 g/mol. The number of nitrogens with one attached hydrogen (secondary N) is 1. The summed E-state index contributed by atoms with van der Waals surface area (Å²) in [6.07, 6.45) is 5.41. The molecule has 0 bridgehead atoms. The van der Waals surface area contributed by atoms with Crippen LogP contribution >= 0.6 is 23.6 Å². The van der Waals surface area contributed by atoms with Crippen LogP contribution in [0.25, 0.3) is 0 Å². The number of aromatic nitrogens is 1. The first kappa shape index (κ1) is 14.6. The molecule has 2 aromatic heterocycles. The maximum Gasteiger partial charge on any atom is 0.271 e. The summed E-state index contributed by atoms with van der Waals surface area (Å²) >= 11 is 6.80. The van der Waals surface area contributed by atoms with Crippen LogP contribution in [-0.2, 0) is 0 Å². The van der Waals surface area contributed by atoms with Crippen LogP contribution in [0.3, 0.4) is 0 Å². The number of carbonyl (C=O) groups is 1. The van der Waals surface area contributed by atoms with Gasteiger partial charge in [-0.25, -0.2) is 0 Å². The average Bonchev–Trinajstić information content (AvgIpc) is 3.00. The molecule has 1 atom stereocenters. The monoisotopic (exact) mass is 303 g/mol. The Kier molecular flexibility index (Phi) is 5.15. The SMILES string of the molecule is C=CCNC(=S)C(C(=O)c1cccs1)[n+]1ccccc1. The maximum atomic E-state index is 12.6. The summed E-state index contributed by atoms with van der Waals surface area (Å²) in [5, 5.41) is 4.94. The minimum atomic E-state index is -0.523. The molecule has 0 fully saturated rings. The van der Waals surface area contributed by atoms with Gasteiger partial charge in [0.15, 0.2) is 17.4 Å². The Morgan fingerprint density at radius 1 is 1.40 bits per heavy atom. The molecule has 2 aromatic rings. The summed E-state index contributed by atoms with van der Waals surface area (Å²) in [6.45, 7) is 4.19. The normalized spacial score (nSPS) is 11.6. The molecule has 0 amide bonds. The van der Waals surface area contributed by atoms with Gasteiger partial charge in [0.2, 0.25) is 5.78 Å². The molecule has 102 valence electrons. The van der Waals surface area contributed by atoms with E-state index in [9.17, 15) is 4.79 Å². The van der Waals surface area contributed by atoms with Gasteiger partial charge in [0.1, 0.15) is 0 Å². The third kappa shape index (κ3) is 3.37. The van der Waals surface area contributed by atoms with E-state index in [1.54, 1.807) is 6.08 Å². The van der Waals surface area contributed by atoms with Crippen molar-refractivity contribution >= 4 is 34.3 Å². The Labute approximate surface area is 127 Å². The van der Waals surface area contributed by atoms with Gasteiger partial charge in [0.05, 0.1) is 4.88 Å². The quantitative estimate of drug-likeness (QED) is 0.385. The van der Waals surface area contributed by atoms with Crippen molar-refractivity contribution in [2.75, 3.05) is 6.54 Å². The molecule has 3 nitrogen and oxygen atoms in total. The molecule has 0 radical (unpaired) electrons. The van der Waals surface area contributed by atoms with Crippen LogP contribution in [-0.4, -0.2) is 17.3 Å². The van der Waals surface area contributed by atoms with E-state index in [4.69, 9.17) is 12.2 Å². The van der Waals surface area contributed by atoms with E-state index in [1.807, 2.05) is 52.7 Å². The number of hydrogen-bond donors (Lipinski definition) is 1. The molecule has 2 heterocycles. The van der Waals surface area contributed by atoms with E-state index < -0.39 is 6.04 Å². The van der Waals surface area contributed by atoms with Crippen molar-refractivity contribution < 1.29 is 9.36 Å². The predicted molar refractivity (Wildman–Crippen MR) is 85.1 cm³/mol. The summed E-state index contributed by atoms with van der Waals surface area (Å²) in [5.74, 6) is -0.00207. The van der Waals surface area contributed by atoms with Crippen LogP contribution in [0.4, 0.5) is 0 Å². The van der Waals surface area contributed by atoms with Gasteiger partial charge in [0.25, 0.3) is 6.04 Å². The second-order valence-corrected chi connectivity index (χ2v) is 5.49. The number of Topliss-reactive ketones (excluding diaryl/α,β-unsaturated/α-hetero) is 1. The van der Waals surface area contributed by atoms with Crippen LogP contribution in [0.5, 0.6) is 0 Å². The zero-order chi connectivity index (χ0) is 14.4. The molecular formula is C15H15N2OS2+. The zero-order valence-electron chi connectivity index (χ0n) is 10.9. The van der Waals surface area contributed by atoms with Crippen molar-refractivity contribution in [3.63, 3.8) is 0 Å². The molecular weight excluding hydrogens is 288 g/mol. The molecule has 2 rings (SSSR count). The van der Waals surface area contributed by atoms with Gasteiger partial charge in [-0.15, -0.1) is 17.9 Å². The number of thiocarbonyl (C=S) groups is 1. The fraction of sp³-hybridized carbons (Fsp3) is 0.133. The number of hydrogen-bond acceptors (Lipinski definition) is 3. The largest absolute Gasteiger partial charge is 0.370 e. The zero-order valence-corrected chi connectivity index (χ0v) is 12.5. The summed E-state index contributed by atoms with van der Waals surface area (Å²) in [7, 11) is 0. The molecule has 5 heteroatoms. The highest BCUT2D eigenvalue weighted by molar-refractivity contribution is 7.80. The minimum absolute atomic E-state index is 0.00207. The van der Waals surface area contributed by atoms with E-state index in [0.29, 0.717) is 16.4 Å². The number of thiophene rings is 1. The van der Waals surface area contributed by atoms with Crippen LogP contribution in [0.2, 0.25) is 0 Å². The third-order valence-electron chi connectivity index (χ3n) is 2.72. The summed E-state index contributed by atoms with van der Waals surface area (Å²) in [6, 6.07) is 8.83. The van der Waals surface area contributed by atoms with Crippen molar-refractivity contribution in [1.29, 1.82) is 0 Å². The van der Waals surface area contributed by atoms with Crippen LogP contribution in [0.1, 0.15) is 15.7 Å². The topological polar surface area (TPSA) is 33.0 Å². The lowest BCUT2D eigenvalue weighted by molar-refractivity contribution is -0.692. The first-order valence-electron chi connectivity index (χ1n) is 6.16. The molecule has 0 aliphatic rings. The Balaban J connectivity index is 2.31. The Bertz CT molecular complexity index is 594. The molecule has 0 saturated heterocycles. The third-order valence-corrected chi connectivity index (χ3v) is 3.97. The Hall–Kier alpha value is -1.85. The summed E-state index contributed by atoms with van der Waals surface area (Å²) in [4.78, 5) is 13.8. The van der Waals surface area contributed by atoms with Gasteiger partial charge < -0.3 is 5.32 Å². The van der Waals surface area contributed by atoms with Crippen LogP contribution < -0.4 is 9.88 Å². The molecule has 20 heavy (non-hydrogen) atoms. The Morgan fingerprint density at radius 3 is 2.75 bits per heavy atom. The standard InChI is InChI=1S/C15H14N2OS2/c1-2-8-16-15(19)13(17-9-4-3-5-10-17)14(18)12-7-6-11-20-12/h2-7,9-11,13H,1,8H2/p+1. The van der Waals surface area contributed by atoms with Crippen LogP contribution in [0.15, 0.2) is 60.8 Å². The molecule has 0 aliphatic heterocycles. The van der Waals surface area contributed by atoms with E-state index >= 15 is 0 Å². The predicted octanol–water partition coefficient (Wildman–Crippen LogP) is 2.56. The van der Waals surface area contributed by atoms with Gasteiger partial charge in [-0.1, -0.05) is 30.4 Å². The first-order valence-corrected chi connectivity index (χ1v) is 7.45. The molecule has 1 unspecified atom stereocenters. The van der Waals surface area contributed by atoms with Gasteiger partial charge >= 0.3 is 0 Å². The van der Waals surface area contributed by atoms with Crippen molar-refractivity contribution in [1.82, 2.24) is 5.32 Å². The Morgan fingerprint density at radius 2 is 2.15 bits per heavy atom. The lowest BCUT2D eigenvalue weighted by Crippen LogP contribution is -2.51. The molecule has 0 aromatic carbocycles. The molecule has 1 N–H and O–H groups in total. The summed E-state index contributed by atoms with van der Waals surface area (Å²) in [5.41, 5.74) is 0. The molecule has 0 saturated carbocycles. The highest BCUT2D eigenvalue weighted by atomic mass is 32.1. The number of pyridine rings is 1. The molecule has 0 spiro atoms. The highest BCUT2D eigenvalue weighted by Crippen LogP contribution is 2.16. The molecule has 0 aliphatic carbocycles. The minimum Gasteiger partial charge on any atom is -0.370 e. The lowest BCUT2D eigenvalue weighted by atomic mass is 10.1. The lowest BCUT2D eigenvalue weighted by Gasteiger charge is -2.12. The van der Waals surface area contributed by atoms with E-state index in [-0.39, 0.29) is 5.78 Å². The van der Waals surface area contributed by atoms with Gasteiger partial charge in [-0.05, 0) is 11.4 Å². The number of rotatable bonds is 6. The number of nitrogens with zero attached hydrogens (tertiary/aromatic N) is 1. The second kappa shape index (κ2) is 7.07. The fourth-order valence-electron chi connectivity index (χ4n) is 1.80. The maximum absolute atomic E-state index is 12.6. The van der Waals surface area contributed by atoms with Crippen molar-refractivity contribution in [2.45, 2.75) is 6.04 Å². The number of ketones is 1. The highest BCUT2D eigenvalue weighted by Gasteiger charge is 2.33. The smallest absolute Gasteiger partial charge is 0.271 e. The van der Waals surface area contributed by atoms with Gasteiger partial charge in [0, 0.05) is 18.7 Å². The van der Waals surface area contributed by atoms with Gasteiger partial charge in [-0.2, -0.15) is 4.57 Å². The summed E-state index contributed by atoms with van der Waals surface area (Å²) < 4.78 is 1.82.